The summed E-state index contributed by atoms with van der Waals surface area (Å²) in [6, 6.07) is 9.96. The van der Waals surface area contributed by atoms with Gasteiger partial charge in [0.05, 0.1) is 11.6 Å². The van der Waals surface area contributed by atoms with E-state index in [1.165, 1.54) is 18.4 Å². The summed E-state index contributed by atoms with van der Waals surface area (Å²) >= 11 is 5.64. The van der Waals surface area contributed by atoms with Crippen molar-refractivity contribution in [2.45, 2.75) is 25.8 Å². The summed E-state index contributed by atoms with van der Waals surface area (Å²) in [5, 5.41) is 8.82. The van der Waals surface area contributed by atoms with E-state index in [4.69, 9.17) is 16.9 Å². The van der Waals surface area contributed by atoms with E-state index in [1.807, 2.05) is 18.2 Å². The van der Waals surface area contributed by atoms with Crippen LogP contribution in [0.3, 0.4) is 0 Å². The molecule has 0 amide bonds. The van der Waals surface area contributed by atoms with Crippen LogP contribution in [0.25, 0.3) is 0 Å². The average molecular weight is 251 g/mol. The molecule has 0 spiro atoms. The Labute approximate surface area is 109 Å². The van der Waals surface area contributed by atoms with Crippen LogP contribution in [0.2, 0.25) is 0 Å². The molecule has 2 nitrogen and oxygen atoms in total. The van der Waals surface area contributed by atoms with Crippen molar-refractivity contribution in [3.8, 4) is 6.07 Å². The lowest BCUT2D eigenvalue weighted by Gasteiger charge is -2.16. The van der Waals surface area contributed by atoms with Gasteiger partial charge < -0.3 is 4.90 Å². The molecule has 0 bridgehead atoms. The predicted octanol–water partition coefficient (Wildman–Crippen LogP) is 3.40. The summed E-state index contributed by atoms with van der Waals surface area (Å²) in [7, 11) is 2.11. The van der Waals surface area contributed by atoms with Gasteiger partial charge in [-0.2, -0.15) is 5.26 Å². The Balaban J connectivity index is 2.34. The zero-order valence-electron chi connectivity index (χ0n) is 10.3. The predicted molar refractivity (Wildman–Crippen MR) is 72.1 cm³/mol. The monoisotopic (exact) mass is 250 g/mol. The van der Waals surface area contributed by atoms with Crippen LogP contribution in [0.1, 0.15) is 30.4 Å². The number of halogens is 1. The number of rotatable bonds is 7. The van der Waals surface area contributed by atoms with Crippen LogP contribution >= 0.6 is 11.6 Å². The van der Waals surface area contributed by atoms with Crippen molar-refractivity contribution in [1.82, 2.24) is 4.90 Å². The normalized spacial score (nSPS) is 10.5. The highest BCUT2D eigenvalue weighted by atomic mass is 35.5. The molecule has 1 aromatic rings. The first kappa shape index (κ1) is 14.0. The first-order valence-corrected chi connectivity index (χ1v) is 6.53. The van der Waals surface area contributed by atoms with Gasteiger partial charge in [-0.05, 0) is 44.1 Å². The Hall–Kier alpha value is -1.04. The lowest BCUT2D eigenvalue weighted by Crippen LogP contribution is -2.19. The largest absolute Gasteiger partial charge is 0.302 e. The summed E-state index contributed by atoms with van der Waals surface area (Å²) in [5.41, 5.74) is 1.93. The smallest absolute Gasteiger partial charge is 0.0991 e. The Kier molecular flexibility index (Phi) is 6.69. The minimum Gasteiger partial charge on any atom is -0.302 e. The molecular weight excluding hydrogens is 232 g/mol. The topological polar surface area (TPSA) is 27.0 Å². The number of nitrogens with zero attached hydrogens (tertiary/aromatic N) is 2. The second-order valence-electron chi connectivity index (χ2n) is 4.30. The maximum Gasteiger partial charge on any atom is 0.0991 e. The number of hydrogen-bond acceptors (Lipinski definition) is 2. The molecule has 0 saturated carbocycles. The first-order valence-electron chi connectivity index (χ1n) is 6.00. The fraction of sp³-hybridized carbons (Fsp3) is 0.500. The summed E-state index contributed by atoms with van der Waals surface area (Å²) in [5.74, 6) is 0.758. The Morgan fingerprint density at radius 1 is 1.29 bits per heavy atom. The number of hydrogen-bond donors (Lipinski definition) is 0. The standard InChI is InChI=1S/C14H19ClN2/c1-17(9-4-2-3-8-15)12-14-7-5-6-13(10-14)11-16/h5-7,10H,2-4,8-9,12H2,1H3. The first-order chi connectivity index (χ1) is 8.26. The van der Waals surface area contributed by atoms with Crippen LogP contribution in [0.4, 0.5) is 0 Å². The van der Waals surface area contributed by atoms with Crippen molar-refractivity contribution in [1.29, 1.82) is 5.26 Å². The second kappa shape index (κ2) is 8.11. The molecule has 0 fully saturated rings. The minimum atomic E-state index is 0.734. The van der Waals surface area contributed by atoms with Gasteiger partial charge >= 0.3 is 0 Å². The highest BCUT2D eigenvalue weighted by molar-refractivity contribution is 6.17. The molecule has 0 aromatic heterocycles. The van der Waals surface area contributed by atoms with E-state index in [2.05, 4.69) is 24.1 Å². The molecule has 3 heteroatoms. The van der Waals surface area contributed by atoms with Gasteiger partial charge in [0.1, 0.15) is 0 Å². The third kappa shape index (κ3) is 5.72. The van der Waals surface area contributed by atoms with Crippen molar-refractivity contribution >= 4 is 11.6 Å². The fourth-order valence-corrected chi connectivity index (χ4v) is 1.97. The summed E-state index contributed by atoms with van der Waals surface area (Å²) in [6.45, 7) is 1.98. The molecule has 17 heavy (non-hydrogen) atoms. The minimum absolute atomic E-state index is 0.734. The zero-order chi connectivity index (χ0) is 12.5. The lowest BCUT2D eigenvalue weighted by atomic mass is 10.1. The van der Waals surface area contributed by atoms with Gasteiger partial charge in [0.15, 0.2) is 0 Å². The second-order valence-corrected chi connectivity index (χ2v) is 4.68. The molecule has 92 valence electrons. The van der Waals surface area contributed by atoms with Gasteiger partial charge in [-0.15, -0.1) is 11.6 Å². The summed E-state index contributed by atoms with van der Waals surface area (Å²) in [4.78, 5) is 2.28. The number of unbranched alkanes of at least 4 members (excludes halogenated alkanes) is 2. The van der Waals surface area contributed by atoms with Crippen LogP contribution in [-0.4, -0.2) is 24.4 Å². The van der Waals surface area contributed by atoms with Crippen molar-refractivity contribution in [3.05, 3.63) is 35.4 Å². The molecule has 0 aliphatic heterocycles. The SMILES string of the molecule is CN(CCCCCCl)Cc1cccc(C#N)c1. The summed E-state index contributed by atoms with van der Waals surface area (Å²) < 4.78 is 0. The molecule has 0 radical (unpaired) electrons. The molecule has 0 aliphatic rings. The summed E-state index contributed by atoms with van der Waals surface area (Å²) in [6.07, 6.45) is 3.46. The molecule has 0 aliphatic carbocycles. The van der Waals surface area contributed by atoms with Crippen LogP contribution in [-0.2, 0) is 6.54 Å². The molecule has 1 rings (SSSR count). The Morgan fingerprint density at radius 2 is 2.12 bits per heavy atom. The van der Waals surface area contributed by atoms with Crippen LogP contribution in [0, 0.1) is 11.3 Å². The van der Waals surface area contributed by atoms with Gasteiger partial charge in [0.2, 0.25) is 0 Å². The Morgan fingerprint density at radius 3 is 2.82 bits per heavy atom. The van der Waals surface area contributed by atoms with E-state index in [0.29, 0.717) is 0 Å². The van der Waals surface area contributed by atoms with Gasteiger partial charge in [0, 0.05) is 12.4 Å². The van der Waals surface area contributed by atoms with E-state index in [-0.39, 0.29) is 0 Å². The maximum absolute atomic E-state index is 8.82. The van der Waals surface area contributed by atoms with E-state index in [9.17, 15) is 0 Å². The molecule has 0 unspecified atom stereocenters. The van der Waals surface area contributed by atoms with Crippen molar-refractivity contribution in [2.75, 3.05) is 19.5 Å². The molecule has 0 N–H and O–H groups in total. The highest BCUT2D eigenvalue weighted by Gasteiger charge is 2.01. The van der Waals surface area contributed by atoms with E-state index in [1.54, 1.807) is 0 Å². The molecule has 1 aromatic carbocycles. The Bertz CT molecular complexity index is 371. The van der Waals surface area contributed by atoms with E-state index in [0.717, 1.165) is 31.0 Å². The van der Waals surface area contributed by atoms with Crippen molar-refractivity contribution in [3.63, 3.8) is 0 Å². The van der Waals surface area contributed by atoms with Crippen LogP contribution in [0.5, 0.6) is 0 Å². The number of alkyl halides is 1. The quantitative estimate of drug-likeness (QED) is 0.548. The molecule has 0 atom stereocenters. The number of benzene rings is 1. The number of nitriles is 1. The third-order valence-corrected chi connectivity index (χ3v) is 2.95. The van der Waals surface area contributed by atoms with E-state index < -0.39 is 0 Å². The molecule has 0 saturated heterocycles. The zero-order valence-corrected chi connectivity index (χ0v) is 11.1. The van der Waals surface area contributed by atoms with Crippen molar-refractivity contribution < 1.29 is 0 Å². The van der Waals surface area contributed by atoms with Crippen LogP contribution < -0.4 is 0 Å². The highest BCUT2D eigenvalue weighted by Crippen LogP contribution is 2.08. The van der Waals surface area contributed by atoms with Gasteiger partial charge in [-0.1, -0.05) is 18.6 Å². The fourth-order valence-electron chi connectivity index (χ4n) is 1.78. The molecule has 0 heterocycles. The van der Waals surface area contributed by atoms with Crippen LogP contribution in [0.15, 0.2) is 24.3 Å². The molecular formula is C14H19ClN2. The average Bonchev–Trinajstić information content (AvgIpc) is 2.35. The van der Waals surface area contributed by atoms with Gasteiger partial charge in [-0.25, -0.2) is 0 Å². The lowest BCUT2D eigenvalue weighted by molar-refractivity contribution is 0.318. The third-order valence-electron chi connectivity index (χ3n) is 2.68. The van der Waals surface area contributed by atoms with Crippen molar-refractivity contribution in [2.24, 2.45) is 0 Å². The van der Waals surface area contributed by atoms with Gasteiger partial charge in [-0.3, -0.25) is 0 Å². The van der Waals surface area contributed by atoms with Gasteiger partial charge in [0.25, 0.3) is 0 Å². The van der Waals surface area contributed by atoms with E-state index >= 15 is 0 Å². The maximum atomic E-state index is 8.82.